The maximum Gasteiger partial charge on any atom is 0.125 e. The van der Waals surface area contributed by atoms with E-state index in [4.69, 9.17) is 0 Å². The SMILES string of the molecule is CC(C)(C)C=O.CCC1=C(C)N(C)C2SC(NC)=C(C#N)C2=C1C. The van der Waals surface area contributed by atoms with Gasteiger partial charge in [-0.15, -0.1) is 0 Å². The zero-order chi connectivity index (χ0) is 18.7. The Kier molecular flexibility index (Phi) is 6.74. The van der Waals surface area contributed by atoms with Crippen LogP contribution in [0.25, 0.3) is 0 Å². The number of allylic oxidation sites excluding steroid dienone is 3. The van der Waals surface area contributed by atoms with Crippen LogP contribution in [0.3, 0.4) is 0 Å². The van der Waals surface area contributed by atoms with Crippen molar-refractivity contribution in [3.8, 4) is 6.07 Å². The lowest BCUT2D eigenvalue weighted by molar-refractivity contribution is -0.113. The first-order valence-electron chi connectivity index (χ1n) is 8.22. The molecule has 0 saturated carbocycles. The number of aldehydes is 1. The Balaban J connectivity index is 0.000000413. The Morgan fingerprint density at radius 2 is 1.92 bits per heavy atom. The number of nitrogens with zero attached hydrogens (tertiary/aromatic N) is 2. The summed E-state index contributed by atoms with van der Waals surface area (Å²) >= 11 is 1.74. The fraction of sp³-hybridized carbons (Fsp3) is 0.579. The Bertz CT molecular complexity index is 645. The normalized spacial score (nSPS) is 20.5. The molecule has 0 radical (unpaired) electrons. The number of rotatable bonds is 2. The van der Waals surface area contributed by atoms with E-state index >= 15 is 0 Å². The lowest BCUT2D eigenvalue weighted by Gasteiger charge is -2.35. The Morgan fingerprint density at radius 1 is 1.38 bits per heavy atom. The van der Waals surface area contributed by atoms with E-state index in [1.54, 1.807) is 11.8 Å². The van der Waals surface area contributed by atoms with Crippen LogP contribution in [0.2, 0.25) is 0 Å². The van der Waals surface area contributed by atoms with Gasteiger partial charge in [0.25, 0.3) is 0 Å². The molecule has 1 atom stereocenters. The summed E-state index contributed by atoms with van der Waals surface area (Å²) in [7, 11) is 4.00. The van der Waals surface area contributed by atoms with Crippen LogP contribution in [-0.2, 0) is 4.79 Å². The van der Waals surface area contributed by atoms with Crippen molar-refractivity contribution >= 4 is 18.0 Å². The molecule has 0 bridgehead atoms. The Labute approximate surface area is 150 Å². The molecule has 132 valence electrons. The van der Waals surface area contributed by atoms with Gasteiger partial charge in [0.2, 0.25) is 0 Å². The summed E-state index contributed by atoms with van der Waals surface area (Å²) in [6.07, 6.45) is 1.95. The summed E-state index contributed by atoms with van der Waals surface area (Å²) in [4.78, 5) is 12.1. The molecule has 0 fully saturated rings. The van der Waals surface area contributed by atoms with Crippen LogP contribution < -0.4 is 5.32 Å². The van der Waals surface area contributed by atoms with E-state index in [-0.39, 0.29) is 10.8 Å². The van der Waals surface area contributed by atoms with Crippen molar-refractivity contribution in [1.82, 2.24) is 10.2 Å². The molecule has 2 rings (SSSR count). The maximum absolute atomic E-state index is 9.83. The second-order valence-electron chi connectivity index (χ2n) is 7.09. The van der Waals surface area contributed by atoms with Crippen molar-refractivity contribution in [2.75, 3.05) is 14.1 Å². The summed E-state index contributed by atoms with van der Waals surface area (Å²) in [5.41, 5.74) is 5.85. The predicted octanol–water partition coefficient (Wildman–Crippen LogP) is 4.19. The lowest BCUT2D eigenvalue weighted by Crippen LogP contribution is -2.32. The average Bonchev–Trinajstić information content (AvgIpc) is 2.92. The van der Waals surface area contributed by atoms with Gasteiger partial charge in [0, 0.05) is 30.8 Å². The van der Waals surface area contributed by atoms with Crippen LogP contribution in [0.15, 0.2) is 33.0 Å². The topological polar surface area (TPSA) is 56.1 Å². The molecule has 24 heavy (non-hydrogen) atoms. The van der Waals surface area contributed by atoms with Crippen molar-refractivity contribution in [2.24, 2.45) is 5.41 Å². The van der Waals surface area contributed by atoms with Gasteiger partial charge in [-0.3, -0.25) is 0 Å². The van der Waals surface area contributed by atoms with Gasteiger partial charge in [-0.2, -0.15) is 5.26 Å². The van der Waals surface area contributed by atoms with E-state index in [0.717, 1.165) is 23.3 Å². The first-order valence-corrected chi connectivity index (χ1v) is 9.10. The third-order valence-electron chi connectivity index (χ3n) is 4.19. The third-order valence-corrected chi connectivity index (χ3v) is 5.61. The number of carbonyl (C=O) groups is 1. The number of fused-ring (bicyclic) bond motifs is 1. The van der Waals surface area contributed by atoms with E-state index < -0.39 is 0 Å². The molecule has 4 nitrogen and oxygen atoms in total. The van der Waals surface area contributed by atoms with E-state index in [0.29, 0.717) is 0 Å². The van der Waals surface area contributed by atoms with Gasteiger partial charge in [0.1, 0.15) is 17.7 Å². The van der Waals surface area contributed by atoms with Gasteiger partial charge in [-0.05, 0) is 31.4 Å². The number of nitrogens with one attached hydrogen (secondary N) is 1. The monoisotopic (exact) mass is 347 g/mol. The molecule has 0 aliphatic carbocycles. The minimum Gasteiger partial charge on any atom is -0.382 e. The zero-order valence-corrected chi connectivity index (χ0v) is 16.9. The molecule has 2 aliphatic rings. The summed E-state index contributed by atoms with van der Waals surface area (Å²) in [6, 6.07) is 2.36. The number of hydrogen-bond acceptors (Lipinski definition) is 5. The van der Waals surface area contributed by atoms with Gasteiger partial charge in [-0.25, -0.2) is 0 Å². The van der Waals surface area contributed by atoms with E-state index in [1.165, 1.54) is 22.4 Å². The van der Waals surface area contributed by atoms with Crippen LogP contribution in [0.4, 0.5) is 0 Å². The molecule has 0 amide bonds. The highest BCUT2D eigenvalue weighted by atomic mass is 32.2. The van der Waals surface area contributed by atoms with Crippen molar-refractivity contribution < 1.29 is 4.79 Å². The highest BCUT2D eigenvalue weighted by molar-refractivity contribution is 8.04. The van der Waals surface area contributed by atoms with E-state index in [2.05, 4.69) is 44.1 Å². The van der Waals surface area contributed by atoms with Gasteiger partial charge >= 0.3 is 0 Å². The third kappa shape index (κ3) is 4.05. The molecule has 2 heterocycles. The Morgan fingerprint density at radius 3 is 2.29 bits per heavy atom. The number of carbonyl (C=O) groups excluding carboxylic acids is 1. The molecular formula is C19H29N3OS. The highest BCUT2D eigenvalue weighted by Gasteiger charge is 2.38. The minimum absolute atomic E-state index is 0.139. The molecular weight excluding hydrogens is 318 g/mol. The number of likely N-dealkylation sites (N-methyl/N-ethyl adjacent to an activating group) is 1. The average molecular weight is 348 g/mol. The standard InChI is InChI=1S/C14H19N3S.C5H10O/c1-6-10-8(2)12-11(7-15)13(16-4)18-14(12)17(5)9(10)3;1-5(2,3)4-6/h14,16H,6H2,1-5H3;4H,1-3H3. The molecule has 0 spiro atoms. The first kappa shape index (κ1) is 20.4. The van der Waals surface area contributed by atoms with Gasteiger partial charge in [0.05, 0.1) is 10.6 Å². The number of thioether (sulfide) groups is 1. The molecule has 2 aliphatic heterocycles. The van der Waals surface area contributed by atoms with Gasteiger partial charge in [-0.1, -0.05) is 39.5 Å². The van der Waals surface area contributed by atoms with Crippen LogP contribution in [-0.4, -0.2) is 30.7 Å². The molecule has 0 aromatic rings. The summed E-state index contributed by atoms with van der Waals surface area (Å²) in [5.74, 6) is 0. The number of hydrogen-bond donors (Lipinski definition) is 1. The predicted molar refractivity (Wildman–Crippen MR) is 102 cm³/mol. The second-order valence-corrected chi connectivity index (χ2v) is 8.18. The number of nitriles is 1. The fourth-order valence-corrected chi connectivity index (χ4v) is 4.10. The van der Waals surface area contributed by atoms with Crippen LogP contribution >= 0.6 is 11.8 Å². The van der Waals surface area contributed by atoms with Crippen molar-refractivity contribution in [3.63, 3.8) is 0 Å². The van der Waals surface area contributed by atoms with Crippen LogP contribution in [0, 0.1) is 16.7 Å². The zero-order valence-electron chi connectivity index (χ0n) is 16.1. The van der Waals surface area contributed by atoms with Crippen LogP contribution in [0.5, 0.6) is 0 Å². The molecule has 5 heteroatoms. The summed E-state index contributed by atoms with van der Waals surface area (Å²) in [6.45, 7) is 12.1. The highest BCUT2D eigenvalue weighted by Crippen LogP contribution is 2.48. The summed E-state index contributed by atoms with van der Waals surface area (Å²) < 4.78 is 0. The smallest absolute Gasteiger partial charge is 0.125 e. The molecule has 0 saturated heterocycles. The minimum atomic E-state index is -0.139. The first-order chi connectivity index (χ1) is 11.1. The van der Waals surface area contributed by atoms with Gasteiger partial charge < -0.3 is 15.0 Å². The molecule has 1 N–H and O–H groups in total. The van der Waals surface area contributed by atoms with E-state index in [9.17, 15) is 10.1 Å². The quantitative estimate of drug-likeness (QED) is 0.759. The second kappa shape index (κ2) is 7.94. The van der Waals surface area contributed by atoms with Crippen molar-refractivity contribution in [3.05, 3.63) is 33.0 Å². The van der Waals surface area contributed by atoms with Gasteiger partial charge in [0.15, 0.2) is 0 Å². The largest absolute Gasteiger partial charge is 0.382 e. The fourth-order valence-electron chi connectivity index (χ4n) is 2.76. The van der Waals surface area contributed by atoms with E-state index in [1.807, 2.05) is 27.8 Å². The maximum atomic E-state index is 9.83. The molecule has 0 aromatic heterocycles. The Hall–Kier alpha value is -1.67. The molecule has 1 unspecified atom stereocenters. The summed E-state index contributed by atoms with van der Waals surface area (Å²) in [5, 5.41) is 13.8. The lowest BCUT2D eigenvalue weighted by atomic mass is 9.90. The van der Waals surface area contributed by atoms with Crippen LogP contribution in [0.1, 0.15) is 48.0 Å². The molecule has 0 aromatic carbocycles. The van der Waals surface area contributed by atoms with Crippen molar-refractivity contribution in [2.45, 2.75) is 53.3 Å². The van der Waals surface area contributed by atoms with Crippen molar-refractivity contribution in [1.29, 1.82) is 5.26 Å².